The Balaban J connectivity index is 0.00000225. The summed E-state index contributed by atoms with van der Waals surface area (Å²) in [6.07, 6.45) is 5.71. The molecule has 8 heteroatoms. The van der Waals surface area contributed by atoms with E-state index in [0.717, 1.165) is 38.5 Å². The molecule has 3 rings (SSSR count). The molecular weight excluding hydrogens is 362 g/mol. The Kier molecular flexibility index (Phi) is 6.85. The molecule has 0 saturated heterocycles. The first-order valence-corrected chi connectivity index (χ1v) is 10.1. The van der Waals surface area contributed by atoms with Crippen LogP contribution in [-0.2, 0) is 10.0 Å². The molecule has 1 aromatic rings. The quantitative estimate of drug-likeness (QED) is 0.692. The van der Waals surface area contributed by atoms with Gasteiger partial charge in [0.15, 0.2) is 0 Å². The Bertz CT molecular complexity index is 699. The second-order valence-corrected chi connectivity index (χ2v) is 8.68. The lowest BCUT2D eigenvalue weighted by Gasteiger charge is -2.26. The summed E-state index contributed by atoms with van der Waals surface area (Å²) >= 11 is 0. The van der Waals surface area contributed by atoms with E-state index in [1.165, 1.54) is 12.1 Å². The molecule has 0 atom stereocenters. The van der Waals surface area contributed by atoms with Gasteiger partial charge in [0, 0.05) is 24.2 Å². The van der Waals surface area contributed by atoms with Crippen molar-refractivity contribution in [1.82, 2.24) is 10.0 Å². The minimum absolute atomic E-state index is 0. The molecule has 4 N–H and O–H groups in total. The van der Waals surface area contributed by atoms with Crippen LogP contribution in [0.1, 0.15) is 48.9 Å². The molecule has 140 valence electrons. The average molecular weight is 388 g/mol. The van der Waals surface area contributed by atoms with E-state index in [-0.39, 0.29) is 35.3 Å². The lowest BCUT2D eigenvalue weighted by atomic mass is 9.91. The number of hydrogen-bond donors (Lipinski definition) is 3. The Labute approximate surface area is 155 Å². The van der Waals surface area contributed by atoms with Crippen molar-refractivity contribution in [3.63, 3.8) is 0 Å². The monoisotopic (exact) mass is 387 g/mol. The molecule has 0 aliphatic heterocycles. The highest BCUT2D eigenvalue weighted by atomic mass is 35.5. The molecular formula is C17H26ClN3O3S. The molecule has 6 nitrogen and oxygen atoms in total. The molecule has 2 aliphatic carbocycles. The number of rotatable bonds is 6. The van der Waals surface area contributed by atoms with E-state index in [2.05, 4.69) is 10.0 Å². The van der Waals surface area contributed by atoms with Crippen LogP contribution in [0.15, 0.2) is 29.2 Å². The minimum Gasteiger partial charge on any atom is -0.349 e. The first kappa shape index (κ1) is 20.2. The van der Waals surface area contributed by atoms with Crippen LogP contribution in [0.25, 0.3) is 0 Å². The van der Waals surface area contributed by atoms with E-state index in [1.54, 1.807) is 12.1 Å². The summed E-state index contributed by atoms with van der Waals surface area (Å²) in [7, 11) is -3.56. The summed E-state index contributed by atoms with van der Waals surface area (Å²) in [6.45, 7) is 0.473. The zero-order valence-electron chi connectivity index (χ0n) is 14.1. The molecule has 0 radical (unpaired) electrons. The molecule has 25 heavy (non-hydrogen) atoms. The van der Waals surface area contributed by atoms with Crippen molar-refractivity contribution >= 4 is 28.3 Å². The van der Waals surface area contributed by atoms with Gasteiger partial charge in [0.2, 0.25) is 10.0 Å². The zero-order valence-corrected chi connectivity index (χ0v) is 15.7. The summed E-state index contributed by atoms with van der Waals surface area (Å²) < 4.78 is 27.2. The van der Waals surface area contributed by atoms with Gasteiger partial charge in [0.25, 0.3) is 5.91 Å². The summed E-state index contributed by atoms with van der Waals surface area (Å²) in [5.74, 6) is 0.235. The zero-order chi connectivity index (χ0) is 17.2. The van der Waals surface area contributed by atoms with Gasteiger partial charge in [-0.25, -0.2) is 13.1 Å². The third kappa shape index (κ3) is 5.67. The fraction of sp³-hybridized carbons (Fsp3) is 0.588. The maximum Gasteiger partial charge on any atom is 0.251 e. The second kappa shape index (κ2) is 8.49. The maximum atomic E-state index is 12.4. The lowest BCUT2D eigenvalue weighted by Crippen LogP contribution is -2.40. The number of hydrogen-bond acceptors (Lipinski definition) is 4. The van der Waals surface area contributed by atoms with Crippen molar-refractivity contribution in [2.24, 2.45) is 11.7 Å². The molecule has 2 aliphatic rings. The molecule has 0 unspecified atom stereocenters. The van der Waals surface area contributed by atoms with Crippen molar-refractivity contribution in [1.29, 1.82) is 0 Å². The van der Waals surface area contributed by atoms with Gasteiger partial charge >= 0.3 is 0 Å². The van der Waals surface area contributed by atoms with E-state index < -0.39 is 10.0 Å². The van der Waals surface area contributed by atoms with E-state index in [9.17, 15) is 13.2 Å². The van der Waals surface area contributed by atoms with Gasteiger partial charge in [0.1, 0.15) is 0 Å². The number of nitrogens with one attached hydrogen (secondary N) is 2. The van der Waals surface area contributed by atoms with Crippen LogP contribution in [-0.4, -0.2) is 33.0 Å². The van der Waals surface area contributed by atoms with Crippen molar-refractivity contribution in [3.05, 3.63) is 29.8 Å². The third-order valence-electron chi connectivity index (χ3n) is 4.77. The fourth-order valence-electron chi connectivity index (χ4n) is 2.97. The summed E-state index contributed by atoms with van der Waals surface area (Å²) in [5, 5.41) is 2.98. The van der Waals surface area contributed by atoms with Crippen molar-refractivity contribution < 1.29 is 13.2 Å². The van der Waals surface area contributed by atoms with E-state index in [1.807, 2.05) is 0 Å². The first-order chi connectivity index (χ1) is 11.4. The van der Waals surface area contributed by atoms with Gasteiger partial charge in [-0.1, -0.05) is 6.07 Å². The van der Waals surface area contributed by atoms with Gasteiger partial charge in [-0.15, -0.1) is 12.4 Å². The number of halogens is 1. The van der Waals surface area contributed by atoms with Gasteiger partial charge < -0.3 is 11.1 Å². The van der Waals surface area contributed by atoms with E-state index >= 15 is 0 Å². The molecule has 2 saturated carbocycles. The van der Waals surface area contributed by atoms with Gasteiger partial charge in [-0.2, -0.15) is 0 Å². The third-order valence-corrected chi connectivity index (χ3v) is 6.19. The van der Waals surface area contributed by atoms with Crippen LogP contribution in [0.2, 0.25) is 0 Å². The minimum atomic E-state index is -3.56. The van der Waals surface area contributed by atoms with Gasteiger partial charge in [0.05, 0.1) is 4.90 Å². The maximum absolute atomic E-state index is 12.4. The summed E-state index contributed by atoms with van der Waals surface area (Å²) in [6, 6.07) is 6.56. The summed E-state index contributed by atoms with van der Waals surface area (Å²) in [5.41, 5.74) is 6.25. The number of carbonyl (C=O) groups excluding carboxylic acids is 1. The lowest BCUT2D eigenvalue weighted by molar-refractivity contribution is 0.0925. The predicted octanol–water partition coefficient (Wildman–Crippen LogP) is 1.80. The normalized spacial score (nSPS) is 23.6. The Hall–Kier alpha value is -1.15. The number of carbonyl (C=O) groups is 1. The van der Waals surface area contributed by atoms with E-state index in [0.29, 0.717) is 18.0 Å². The Morgan fingerprint density at radius 1 is 1.12 bits per heavy atom. The highest BCUT2D eigenvalue weighted by Crippen LogP contribution is 2.28. The molecule has 0 aromatic heterocycles. The van der Waals surface area contributed by atoms with Crippen molar-refractivity contribution in [2.75, 3.05) is 6.54 Å². The predicted molar refractivity (Wildman–Crippen MR) is 99.3 cm³/mol. The van der Waals surface area contributed by atoms with Crippen LogP contribution in [0.4, 0.5) is 0 Å². The van der Waals surface area contributed by atoms with Gasteiger partial charge in [-0.3, -0.25) is 4.79 Å². The fourth-order valence-corrected chi connectivity index (χ4v) is 4.13. The Morgan fingerprint density at radius 3 is 2.44 bits per heavy atom. The van der Waals surface area contributed by atoms with Crippen LogP contribution in [0, 0.1) is 5.92 Å². The van der Waals surface area contributed by atoms with Crippen LogP contribution < -0.4 is 15.8 Å². The van der Waals surface area contributed by atoms with Gasteiger partial charge in [-0.05, 0) is 62.6 Å². The smallest absolute Gasteiger partial charge is 0.251 e. The van der Waals surface area contributed by atoms with E-state index in [4.69, 9.17) is 5.73 Å². The molecule has 1 aromatic carbocycles. The standard InChI is InChI=1S/C17H25N3O3S.ClH/c18-14-6-8-15(9-7-14)20-17(21)13-2-1-3-16(10-13)24(22,23)19-11-12-4-5-12;/h1-3,10,12,14-15,19H,4-9,11,18H2,(H,20,21);1H. The molecule has 2 fully saturated rings. The molecule has 1 amide bonds. The highest BCUT2D eigenvalue weighted by Gasteiger charge is 2.25. The topological polar surface area (TPSA) is 101 Å². The average Bonchev–Trinajstić information content (AvgIpc) is 3.40. The molecule has 0 heterocycles. The number of sulfonamides is 1. The number of amides is 1. The first-order valence-electron chi connectivity index (χ1n) is 8.60. The van der Waals surface area contributed by atoms with Crippen LogP contribution >= 0.6 is 12.4 Å². The second-order valence-electron chi connectivity index (χ2n) is 6.91. The largest absolute Gasteiger partial charge is 0.349 e. The van der Waals surface area contributed by atoms with Crippen LogP contribution in [0.3, 0.4) is 0 Å². The SMILES string of the molecule is Cl.NC1CCC(NC(=O)c2cccc(S(=O)(=O)NCC3CC3)c2)CC1. The number of benzene rings is 1. The highest BCUT2D eigenvalue weighted by molar-refractivity contribution is 7.89. The van der Waals surface area contributed by atoms with Crippen LogP contribution in [0.5, 0.6) is 0 Å². The molecule has 0 spiro atoms. The van der Waals surface area contributed by atoms with Crippen molar-refractivity contribution in [2.45, 2.75) is 55.5 Å². The van der Waals surface area contributed by atoms with Crippen molar-refractivity contribution in [3.8, 4) is 0 Å². The summed E-state index contributed by atoms with van der Waals surface area (Å²) in [4.78, 5) is 12.5. The number of nitrogens with two attached hydrogens (primary N) is 1. The molecule has 0 bridgehead atoms. The Morgan fingerprint density at radius 2 is 1.80 bits per heavy atom.